The van der Waals surface area contributed by atoms with Crippen LogP contribution in [0.5, 0.6) is 0 Å². The number of unbranched alkanes of at least 4 members (excludes halogenated alkanes) is 1. The highest BCUT2D eigenvalue weighted by atomic mass is 79.9. The monoisotopic (exact) mass is 289 g/mol. The molecule has 0 aliphatic rings. The Bertz CT molecular complexity index is 314. The van der Waals surface area contributed by atoms with Gasteiger partial charge in [-0.2, -0.15) is 0 Å². The second kappa shape index (κ2) is 6.39. The van der Waals surface area contributed by atoms with E-state index in [-0.39, 0.29) is 0 Å². The van der Waals surface area contributed by atoms with Gasteiger partial charge in [0.1, 0.15) is 0 Å². The minimum atomic E-state index is 0.502. The largest absolute Gasteiger partial charge is 0.382 e. The Labute approximate surface area is 105 Å². The lowest BCUT2D eigenvalue weighted by Gasteiger charge is -2.16. The summed E-state index contributed by atoms with van der Waals surface area (Å²) in [7, 11) is 0. The van der Waals surface area contributed by atoms with Crippen LogP contribution in [0.4, 0.5) is 5.69 Å². The average molecular weight is 291 g/mol. The lowest BCUT2D eigenvalue weighted by Crippen LogP contribution is -2.14. The number of nitrogens with one attached hydrogen (secondary N) is 1. The Hall–Kier alpha value is -0.210. The van der Waals surface area contributed by atoms with Crippen molar-refractivity contribution in [2.24, 2.45) is 0 Å². The van der Waals surface area contributed by atoms with Crippen LogP contribution < -0.4 is 5.32 Å². The summed E-state index contributed by atoms with van der Waals surface area (Å²) in [5.41, 5.74) is 1.11. The summed E-state index contributed by atoms with van der Waals surface area (Å²) < 4.78 is 1.03. The smallest absolute Gasteiger partial charge is 0.0487 e. The molecule has 1 nitrogen and oxygen atoms in total. The van der Waals surface area contributed by atoms with E-state index in [1.165, 1.54) is 19.3 Å². The maximum Gasteiger partial charge on any atom is 0.0487 e. The fourth-order valence-electron chi connectivity index (χ4n) is 1.45. The van der Waals surface area contributed by atoms with Crippen molar-refractivity contribution >= 4 is 33.2 Å². The van der Waals surface area contributed by atoms with E-state index >= 15 is 0 Å². The summed E-state index contributed by atoms with van der Waals surface area (Å²) in [5.74, 6) is 0. The fourth-order valence-corrected chi connectivity index (χ4v) is 2.25. The third kappa shape index (κ3) is 4.43. The molecule has 0 spiro atoms. The van der Waals surface area contributed by atoms with Crippen LogP contribution in [0.25, 0.3) is 0 Å². The Kier molecular flexibility index (Phi) is 5.48. The Balaban J connectivity index is 2.56. The number of hydrogen-bond donors (Lipinski definition) is 1. The lowest BCUT2D eigenvalue weighted by atomic mass is 10.1. The quantitative estimate of drug-likeness (QED) is 0.796. The minimum absolute atomic E-state index is 0.502. The van der Waals surface area contributed by atoms with Gasteiger partial charge in [0.2, 0.25) is 0 Å². The Morgan fingerprint density at radius 2 is 2.20 bits per heavy atom. The number of rotatable bonds is 5. The topological polar surface area (TPSA) is 12.0 Å². The van der Waals surface area contributed by atoms with E-state index in [4.69, 9.17) is 11.6 Å². The molecule has 15 heavy (non-hydrogen) atoms. The predicted molar refractivity (Wildman–Crippen MR) is 71.8 cm³/mol. The molecule has 0 aliphatic carbocycles. The SMILES string of the molecule is CCCCC(C)Nc1ccc(Cl)cc1Br. The summed E-state index contributed by atoms with van der Waals surface area (Å²) in [6.07, 6.45) is 3.71. The summed E-state index contributed by atoms with van der Waals surface area (Å²) >= 11 is 9.38. The Morgan fingerprint density at radius 3 is 2.80 bits per heavy atom. The molecule has 1 rings (SSSR count). The van der Waals surface area contributed by atoms with Crippen LogP contribution in [-0.4, -0.2) is 6.04 Å². The number of halogens is 2. The zero-order valence-corrected chi connectivity index (χ0v) is 11.5. The molecule has 0 fully saturated rings. The number of hydrogen-bond acceptors (Lipinski definition) is 1. The molecule has 0 heterocycles. The highest BCUT2D eigenvalue weighted by Gasteiger charge is 2.04. The zero-order chi connectivity index (χ0) is 11.3. The maximum atomic E-state index is 5.88. The van der Waals surface area contributed by atoms with E-state index < -0.39 is 0 Å². The van der Waals surface area contributed by atoms with Crippen LogP contribution in [0.2, 0.25) is 5.02 Å². The maximum absolute atomic E-state index is 5.88. The molecule has 1 aromatic rings. The van der Waals surface area contributed by atoms with Crippen LogP contribution in [0.3, 0.4) is 0 Å². The molecule has 1 unspecified atom stereocenters. The minimum Gasteiger partial charge on any atom is -0.382 e. The van der Waals surface area contributed by atoms with Crippen LogP contribution in [-0.2, 0) is 0 Å². The highest BCUT2D eigenvalue weighted by Crippen LogP contribution is 2.26. The van der Waals surface area contributed by atoms with E-state index in [1.54, 1.807) is 0 Å². The molecule has 0 radical (unpaired) electrons. The molecule has 0 saturated carbocycles. The number of benzene rings is 1. The summed E-state index contributed by atoms with van der Waals surface area (Å²) in [6, 6.07) is 6.33. The zero-order valence-electron chi connectivity index (χ0n) is 9.19. The number of anilines is 1. The van der Waals surface area contributed by atoms with Crippen molar-refractivity contribution < 1.29 is 0 Å². The van der Waals surface area contributed by atoms with Gasteiger partial charge in [0.05, 0.1) is 0 Å². The van der Waals surface area contributed by atoms with Gasteiger partial charge in [0, 0.05) is 21.2 Å². The molecule has 1 N–H and O–H groups in total. The molecule has 3 heteroatoms. The van der Waals surface area contributed by atoms with E-state index in [0.717, 1.165) is 15.2 Å². The molecule has 0 bridgehead atoms. The van der Waals surface area contributed by atoms with E-state index in [0.29, 0.717) is 6.04 Å². The van der Waals surface area contributed by atoms with Gasteiger partial charge in [-0.15, -0.1) is 0 Å². The van der Waals surface area contributed by atoms with Crippen LogP contribution in [0, 0.1) is 0 Å². The molecule has 0 aliphatic heterocycles. The first-order valence-corrected chi connectivity index (χ1v) is 6.52. The van der Waals surface area contributed by atoms with Gasteiger partial charge in [0.25, 0.3) is 0 Å². The van der Waals surface area contributed by atoms with E-state index in [2.05, 4.69) is 35.1 Å². The van der Waals surface area contributed by atoms with Crippen LogP contribution in [0.1, 0.15) is 33.1 Å². The predicted octanol–water partition coefficient (Wildman–Crippen LogP) is 5.09. The van der Waals surface area contributed by atoms with Crippen molar-refractivity contribution in [1.29, 1.82) is 0 Å². The average Bonchev–Trinajstić information content (AvgIpc) is 2.19. The van der Waals surface area contributed by atoms with Crippen molar-refractivity contribution in [1.82, 2.24) is 0 Å². The first-order valence-electron chi connectivity index (χ1n) is 5.35. The van der Waals surface area contributed by atoms with Gasteiger partial charge in [0.15, 0.2) is 0 Å². The van der Waals surface area contributed by atoms with Gasteiger partial charge in [-0.3, -0.25) is 0 Å². The normalized spacial score (nSPS) is 12.5. The van der Waals surface area contributed by atoms with Crippen molar-refractivity contribution in [2.45, 2.75) is 39.2 Å². The first kappa shape index (κ1) is 12.9. The van der Waals surface area contributed by atoms with Gasteiger partial charge >= 0.3 is 0 Å². The molecule has 1 atom stereocenters. The molecule has 1 aromatic carbocycles. The molecule has 0 saturated heterocycles. The molecule has 0 aromatic heterocycles. The lowest BCUT2D eigenvalue weighted by molar-refractivity contribution is 0.645. The van der Waals surface area contributed by atoms with Crippen molar-refractivity contribution in [3.05, 3.63) is 27.7 Å². The first-order chi connectivity index (χ1) is 7.13. The summed E-state index contributed by atoms with van der Waals surface area (Å²) in [5, 5.41) is 4.22. The summed E-state index contributed by atoms with van der Waals surface area (Å²) in [6.45, 7) is 4.42. The molecule has 0 amide bonds. The van der Waals surface area contributed by atoms with Gasteiger partial charge in [-0.25, -0.2) is 0 Å². The van der Waals surface area contributed by atoms with E-state index in [9.17, 15) is 0 Å². The van der Waals surface area contributed by atoms with Gasteiger partial charge in [-0.05, 0) is 47.5 Å². The Morgan fingerprint density at radius 1 is 1.47 bits per heavy atom. The van der Waals surface area contributed by atoms with Crippen LogP contribution in [0.15, 0.2) is 22.7 Å². The van der Waals surface area contributed by atoms with Crippen molar-refractivity contribution in [2.75, 3.05) is 5.32 Å². The second-order valence-corrected chi connectivity index (χ2v) is 5.10. The van der Waals surface area contributed by atoms with Crippen molar-refractivity contribution in [3.63, 3.8) is 0 Å². The molecular weight excluding hydrogens is 273 g/mol. The standard InChI is InChI=1S/C12H17BrClN/c1-3-4-5-9(2)15-12-7-6-10(14)8-11(12)13/h6-9,15H,3-5H2,1-2H3. The third-order valence-corrected chi connectivity index (χ3v) is 3.21. The van der Waals surface area contributed by atoms with Gasteiger partial charge in [-0.1, -0.05) is 31.4 Å². The fraction of sp³-hybridized carbons (Fsp3) is 0.500. The molecular formula is C12H17BrClN. The van der Waals surface area contributed by atoms with Gasteiger partial charge < -0.3 is 5.32 Å². The third-order valence-electron chi connectivity index (χ3n) is 2.32. The van der Waals surface area contributed by atoms with Crippen molar-refractivity contribution in [3.8, 4) is 0 Å². The van der Waals surface area contributed by atoms with Crippen LogP contribution >= 0.6 is 27.5 Å². The highest BCUT2D eigenvalue weighted by molar-refractivity contribution is 9.10. The molecule has 84 valence electrons. The van der Waals surface area contributed by atoms with E-state index in [1.807, 2.05) is 18.2 Å². The second-order valence-electron chi connectivity index (χ2n) is 3.81. The summed E-state index contributed by atoms with van der Waals surface area (Å²) in [4.78, 5) is 0.